The largest absolute Gasteiger partial charge is 0.334 e. The third-order valence-corrected chi connectivity index (χ3v) is 5.14. The number of likely N-dealkylation sites (N-methyl/N-ethyl adjacent to an activating group) is 1. The van der Waals surface area contributed by atoms with E-state index in [4.69, 9.17) is 23.2 Å². The minimum Gasteiger partial charge on any atom is -0.334 e. The Morgan fingerprint density at radius 1 is 1.21 bits per heavy atom. The molecule has 24 heavy (non-hydrogen) atoms. The Labute approximate surface area is 149 Å². The maximum atomic E-state index is 13.5. The van der Waals surface area contributed by atoms with Crippen LogP contribution in [0.3, 0.4) is 0 Å². The molecule has 2 aromatic rings. The third-order valence-electron chi connectivity index (χ3n) is 4.41. The normalized spacial score (nSPS) is 17.8. The molecule has 0 spiro atoms. The number of carbonyl (C=O) groups excluding carboxylic acids is 2. The Bertz CT molecular complexity index is 825. The van der Waals surface area contributed by atoms with Crippen molar-refractivity contribution in [2.45, 2.75) is 18.4 Å². The smallest absolute Gasteiger partial charge is 0.254 e. The zero-order valence-electron chi connectivity index (χ0n) is 12.8. The lowest BCUT2D eigenvalue weighted by Crippen LogP contribution is -2.28. The molecule has 3 rings (SSSR count). The highest BCUT2D eigenvalue weighted by Gasteiger charge is 2.39. The van der Waals surface area contributed by atoms with Gasteiger partial charge in [0.15, 0.2) is 0 Å². The van der Waals surface area contributed by atoms with Gasteiger partial charge in [-0.05, 0) is 35.4 Å². The van der Waals surface area contributed by atoms with Gasteiger partial charge in [0.25, 0.3) is 5.91 Å². The summed E-state index contributed by atoms with van der Waals surface area (Å²) in [4.78, 5) is 25.2. The predicted octanol–water partition coefficient (Wildman–Crippen LogP) is 4.63. The Morgan fingerprint density at radius 3 is 2.62 bits per heavy atom. The Balaban J connectivity index is 2.11. The Morgan fingerprint density at radius 2 is 1.96 bits per heavy atom. The van der Waals surface area contributed by atoms with E-state index < -0.39 is 5.82 Å². The molecule has 0 aliphatic carbocycles. The van der Waals surface area contributed by atoms with Crippen LogP contribution in [0.2, 0.25) is 10.0 Å². The van der Waals surface area contributed by atoms with Crippen molar-refractivity contribution in [3.63, 3.8) is 0 Å². The summed E-state index contributed by atoms with van der Waals surface area (Å²) < 4.78 is 13.5. The highest BCUT2D eigenvalue weighted by atomic mass is 35.5. The molecule has 1 amide bonds. The van der Waals surface area contributed by atoms with Gasteiger partial charge in [-0.3, -0.25) is 4.79 Å². The van der Waals surface area contributed by atoms with Crippen LogP contribution in [-0.4, -0.2) is 24.1 Å². The highest BCUT2D eigenvalue weighted by Crippen LogP contribution is 2.44. The van der Waals surface area contributed by atoms with E-state index in [0.717, 1.165) is 11.8 Å². The molecule has 124 valence electrons. The number of hydrogen-bond donors (Lipinski definition) is 0. The number of carbonyl (C=O) groups is 2. The Kier molecular flexibility index (Phi) is 4.61. The van der Waals surface area contributed by atoms with E-state index in [9.17, 15) is 14.0 Å². The van der Waals surface area contributed by atoms with E-state index in [1.54, 1.807) is 36.2 Å². The van der Waals surface area contributed by atoms with Gasteiger partial charge in [-0.1, -0.05) is 35.3 Å². The van der Waals surface area contributed by atoms with Crippen LogP contribution in [0.15, 0.2) is 36.4 Å². The lowest BCUT2D eigenvalue weighted by Gasteiger charge is -2.29. The SMILES string of the molecule is CN1C(=O)c2cc(F)ccc2C1C(CC=O)c1ccc(Cl)c(Cl)c1. The summed E-state index contributed by atoms with van der Waals surface area (Å²) in [7, 11) is 1.65. The summed E-state index contributed by atoms with van der Waals surface area (Å²) in [5.74, 6) is -1.01. The van der Waals surface area contributed by atoms with Crippen molar-refractivity contribution in [2.24, 2.45) is 0 Å². The molecule has 0 bridgehead atoms. The fourth-order valence-electron chi connectivity index (χ4n) is 3.28. The summed E-state index contributed by atoms with van der Waals surface area (Å²) in [6.45, 7) is 0. The van der Waals surface area contributed by atoms with Crippen LogP contribution in [0.25, 0.3) is 0 Å². The lowest BCUT2D eigenvalue weighted by molar-refractivity contribution is -0.108. The summed E-state index contributed by atoms with van der Waals surface area (Å²) in [6, 6.07) is 8.97. The number of nitrogens with zero attached hydrogens (tertiary/aromatic N) is 1. The van der Waals surface area contributed by atoms with Gasteiger partial charge in [-0.25, -0.2) is 4.39 Å². The number of hydrogen-bond acceptors (Lipinski definition) is 2. The van der Waals surface area contributed by atoms with Gasteiger partial charge in [-0.15, -0.1) is 0 Å². The van der Waals surface area contributed by atoms with Gasteiger partial charge in [0.2, 0.25) is 0 Å². The first-order valence-electron chi connectivity index (χ1n) is 7.39. The molecular weight excluding hydrogens is 352 g/mol. The minimum atomic E-state index is -0.461. The van der Waals surface area contributed by atoms with Crippen LogP contribution in [-0.2, 0) is 4.79 Å². The molecular formula is C18H14Cl2FNO2. The van der Waals surface area contributed by atoms with E-state index in [-0.39, 0.29) is 24.3 Å². The summed E-state index contributed by atoms with van der Waals surface area (Å²) in [6.07, 6.45) is 1.02. The quantitative estimate of drug-likeness (QED) is 0.740. The first-order valence-corrected chi connectivity index (χ1v) is 8.14. The fraction of sp³-hybridized carbons (Fsp3) is 0.222. The molecule has 0 saturated heterocycles. The number of halogens is 3. The van der Waals surface area contributed by atoms with Crippen LogP contribution < -0.4 is 0 Å². The minimum absolute atomic E-state index is 0.205. The molecule has 3 nitrogen and oxygen atoms in total. The van der Waals surface area contributed by atoms with Crippen molar-refractivity contribution in [3.8, 4) is 0 Å². The number of fused-ring (bicyclic) bond motifs is 1. The van der Waals surface area contributed by atoms with Crippen molar-refractivity contribution in [2.75, 3.05) is 7.05 Å². The molecule has 2 unspecified atom stereocenters. The second-order valence-electron chi connectivity index (χ2n) is 5.77. The average Bonchev–Trinajstić information content (AvgIpc) is 2.79. The van der Waals surface area contributed by atoms with Gasteiger partial charge in [0.05, 0.1) is 16.1 Å². The second-order valence-corrected chi connectivity index (χ2v) is 6.59. The van der Waals surface area contributed by atoms with Gasteiger partial charge in [0.1, 0.15) is 12.1 Å². The number of amides is 1. The molecule has 0 radical (unpaired) electrons. The molecule has 6 heteroatoms. The molecule has 2 aromatic carbocycles. The maximum Gasteiger partial charge on any atom is 0.254 e. The van der Waals surface area contributed by atoms with Crippen LogP contribution in [0.5, 0.6) is 0 Å². The predicted molar refractivity (Wildman–Crippen MR) is 91.1 cm³/mol. The number of rotatable bonds is 4. The summed E-state index contributed by atoms with van der Waals surface area (Å²) >= 11 is 12.1. The van der Waals surface area contributed by atoms with Crippen LogP contribution >= 0.6 is 23.2 Å². The molecule has 0 fully saturated rings. The van der Waals surface area contributed by atoms with E-state index in [1.807, 2.05) is 0 Å². The van der Waals surface area contributed by atoms with Crippen molar-refractivity contribution in [1.82, 2.24) is 4.90 Å². The first kappa shape index (κ1) is 16.9. The van der Waals surface area contributed by atoms with Gasteiger partial charge < -0.3 is 9.69 Å². The first-order chi connectivity index (χ1) is 11.4. The monoisotopic (exact) mass is 365 g/mol. The van der Waals surface area contributed by atoms with Gasteiger partial charge in [0, 0.05) is 24.9 Å². The van der Waals surface area contributed by atoms with Crippen LogP contribution in [0.4, 0.5) is 4.39 Å². The van der Waals surface area contributed by atoms with Crippen LogP contribution in [0, 0.1) is 5.82 Å². The average molecular weight is 366 g/mol. The van der Waals surface area contributed by atoms with Crippen molar-refractivity contribution in [3.05, 3.63) is 69.0 Å². The van der Waals surface area contributed by atoms with E-state index in [0.29, 0.717) is 21.2 Å². The highest BCUT2D eigenvalue weighted by molar-refractivity contribution is 6.42. The topological polar surface area (TPSA) is 37.4 Å². The van der Waals surface area contributed by atoms with E-state index in [1.165, 1.54) is 12.1 Å². The fourth-order valence-corrected chi connectivity index (χ4v) is 3.58. The molecule has 1 heterocycles. The van der Waals surface area contributed by atoms with Crippen molar-refractivity contribution < 1.29 is 14.0 Å². The molecule has 0 aromatic heterocycles. The van der Waals surface area contributed by atoms with Crippen LogP contribution in [0.1, 0.15) is 39.9 Å². The Hall–Kier alpha value is -1.91. The summed E-state index contributed by atoms with van der Waals surface area (Å²) in [5.41, 5.74) is 1.85. The van der Waals surface area contributed by atoms with Crippen molar-refractivity contribution >= 4 is 35.4 Å². The molecule has 2 atom stereocenters. The van der Waals surface area contributed by atoms with Gasteiger partial charge in [-0.2, -0.15) is 0 Å². The lowest BCUT2D eigenvalue weighted by atomic mass is 9.85. The third kappa shape index (κ3) is 2.80. The van der Waals surface area contributed by atoms with Gasteiger partial charge >= 0.3 is 0 Å². The molecule has 1 aliphatic rings. The maximum absolute atomic E-state index is 13.5. The molecule has 0 saturated carbocycles. The van der Waals surface area contributed by atoms with Crippen molar-refractivity contribution in [1.29, 1.82) is 0 Å². The zero-order valence-corrected chi connectivity index (χ0v) is 14.3. The number of aldehydes is 1. The summed E-state index contributed by atoms with van der Waals surface area (Å²) in [5, 5.41) is 0.806. The number of benzene rings is 2. The second kappa shape index (κ2) is 6.54. The standard InChI is InChI=1S/C18H14Cl2FNO2/c1-22-17(13-4-3-11(21)9-14(13)18(22)24)12(6-7-23)10-2-5-15(19)16(20)8-10/h2-5,7-9,12,17H,6H2,1H3. The molecule has 1 aliphatic heterocycles. The molecule has 0 N–H and O–H groups in total. The zero-order chi connectivity index (χ0) is 17.4. The van der Waals surface area contributed by atoms with E-state index in [2.05, 4.69) is 0 Å². The van der Waals surface area contributed by atoms with E-state index >= 15 is 0 Å².